The maximum Gasteiger partial charge on any atom is 0.203 e. The van der Waals surface area contributed by atoms with Gasteiger partial charge in [-0.2, -0.15) is 5.10 Å². The Balaban J connectivity index is 2.08. The van der Waals surface area contributed by atoms with E-state index in [1.54, 1.807) is 17.6 Å². The largest absolute Gasteiger partial charge is 0.490 e. The lowest BCUT2D eigenvalue weighted by atomic mass is 10.2. The maximum atomic E-state index is 5.60. The summed E-state index contributed by atoms with van der Waals surface area (Å²) in [6.07, 6.45) is 1.74. The average molecular weight is 319 g/mol. The molecule has 0 bridgehead atoms. The molecule has 22 heavy (non-hydrogen) atoms. The van der Waals surface area contributed by atoms with E-state index in [-0.39, 0.29) is 0 Å². The van der Waals surface area contributed by atoms with E-state index in [9.17, 15) is 0 Å². The number of hydrogen-bond acceptors (Lipinski definition) is 6. The molecule has 0 aliphatic heterocycles. The third-order valence-corrected chi connectivity index (χ3v) is 3.95. The molecule has 5 nitrogen and oxygen atoms in total. The van der Waals surface area contributed by atoms with Crippen molar-refractivity contribution in [3.63, 3.8) is 0 Å². The van der Waals surface area contributed by atoms with E-state index in [0.717, 1.165) is 27.9 Å². The Bertz CT molecular complexity index is 633. The molecule has 1 aromatic heterocycles. The molecule has 0 radical (unpaired) electrons. The van der Waals surface area contributed by atoms with Crippen molar-refractivity contribution < 1.29 is 9.47 Å². The topological polar surface area (TPSA) is 55.7 Å². The summed E-state index contributed by atoms with van der Waals surface area (Å²) in [6, 6.07) is 5.75. The van der Waals surface area contributed by atoms with E-state index in [2.05, 4.69) is 15.5 Å². The third-order valence-electron chi connectivity index (χ3n) is 2.97. The molecule has 2 aromatic rings. The molecule has 0 unspecified atom stereocenters. The highest BCUT2D eigenvalue weighted by atomic mass is 32.1. The molecule has 0 aliphatic carbocycles. The normalized spacial score (nSPS) is 10.9. The van der Waals surface area contributed by atoms with Crippen LogP contribution < -0.4 is 14.9 Å². The molecule has 0 saturated heterocycles. The lowest BCUT2D eigenvalue weighted by Crippen LogP contribution is -1.99. The number of thiazole rings is 1. The van der Waals surface area contributed by atoms with E-state index in [4.69, 9.17) is 9.47 Å². The van der Waals surface area contributed by atoms with Gasteiger partial charge in [0.2, 0.25) is 5.13 Å². The zero-order valence-corrected chi connectivity index (χ0v) is 14.2. The first-order valence-corrected chi connectivity index (χ1v) is 8.08. The van der Waals surface area contributed by atoms with Crippen molar-refractivity contribution in [3.8, 4) is 11.5 Å². The van der Waals surface area contributed by atoms with Crippen LogP contribution in [0.4, 0.5) is 5.13 Å². The number of anilines is 1. The van der Waals surface area contributed by atoms with Crippen LogP contribution in [0.15, 0.2) is 23.3 Å². The van der Waals surface area contributed by atoms with E-state index in [0.29, 0.717) is 13.2 Å². The Kier molecular flexibility index (Phi) is 5.77. The van der Waals surface area contributed by atoms with Gasteiger partial charge in [0.15, 0.2) is 11.5 Å². The van der Waals surface area contributed by atoms with Crippen LogP contribution in [0.25, 0.3) is 0 Å². The van der Waals surface area contributed by atoms with Crippen molar-refractivity contribution >= 4 is 22.7 Å². The zero-order valence-electron chi connectivity index (χ0n) is 13.3. The summed E-state index contributed by atoms with van der Waals surface area (Å²) >= 11 is 1.59. The number of hydrazone groups is 1. The second kappa shape index (κ2) is 7.79. The molecule has 0 fully saturated rings. The molecular weight excluding hydrogens is 298 g/mol. The minimum absolute atomic E-state index is 0.594. The number of ether oxygens (including phenoxy) is 2. The van der Waals surface area contributed by atoms with Gasteiger partial charge < -0.3 is 9.47 Å². The summed E-state index contributed by atoms with van der Waals surface area (Å²) in [6.45, 7) is 9.14. The number of nitrogens with one attached hydrogen (secondary N) is 1. The standard InChI is InChI=1S/C16H21N3O2S/c1-5-20-14-8-7-13(9-15(14)21-6-2)10-17-19-16-18-11(3)12(4)22-16/h7-10H,5-6H2,1-4H3,(H,18,19)/b17-10-. The van der Waals surface area contributed by atoms with Crippen molar-refractivity contribution in [2.75, 3.05) is 18.6 Å². The lowest BCUT2D eigenvalue weighted by molar-refractivity contribution is 0.288. The van der Waals surface area contributed by atoms with Crippen LogP contribution in [0.3, 0.4) is 0 Å². The molecule has 1 heterocycles. The molecule has 0 saturated carbocycles. The Morgan fingerprint density at radius 3 is 2.55 bits per heavy atom. The monoisotopic (exact) mass is 319 g/mol. The van der Waals surface area contributed by atoms with Crippen molar-refractivity contribution in [3.05, 3.63) is 34.3 Å². The van der Waals surface area contributed by atoms with Crippen molar-refractivity contribution in [2.24, 2.45) is 5.10 Å². The predicted octanol–water partition coefficient (Wildman–Crippen LogP) is 4.00. The fourth-order valence-electron chi connectivity index (χ4n) is 1.83. The van der Waals surface area contributed by atoms with Gasteiger partial charge in [-0.1, -0.05) is 0 Å². The van der Waals surface area contributed by atoms with Crippen molar-refractivity contribution in [1.29, 1.82) is 0 Å². The van der Waals surface area contributed by atoms with Crippen molar-refractivity contribution in [2.45, 2.75) is 27.7 Å². The van der Waals surface area contributed by atoms with Gasteiger partial charge in [0, 0.05) is 4.88 Å². The van der Waals surface area contributed by atoms with Gasteiger partial charge >= 0.3 is 0 Å². The van der Waals surface area contributed by atoms with Crippen LogP contribution >= 0.6 is 11.3 Å². The first kappa shape index (κ1) is 16.3. The third kappa shape index (κ3) is 4.21. The van der Waals surface area contributed by atoms with Crippen LogP contribution in [-0.2, 0) is 0 Å². The van der Waals surface area contributed by atoms with E-state index < -0.39 is 0 Å². The molecule has 0 spiro atoms. The van der Waals surface area contributed by atoms with Crippen LogP contribution in [0.2, 0.25) is 0 Å². The Labute approximate surface area is 135 Å². The van der Waals surface area contributed by atoms with Gasteiger partial charge in [-0.05, 0) is 51.5 Å². The van der Waals surface area contributed by atoms with Gasteiger partial charge in [0.1, 0.15) is 0 Å². The molecule has 0 aliphatic rings. The molecule has 0 atom stereocenters. The smallest absolute Gasteiger partial charge is 0.203 e. The number of nitrogens with zero attached hydrogens (tertiary/aromatic N) is 2. The summed E-state index contributed by atoms with van der Waals surface area (Å²) in [7, 11) is 0. The second-order valence-corrected chi connectivity index (χ2v) is 5.81. The number of aryl methyl sites for hydroxylation is 2. The summed E-state index contributed by atoms with van der Waals surface area (Å²) in [5, 5.41) is 5.01. The Morgan fingerprint density at radius 2 is 1.91 bits per heavy atom. The summed E-state index contributed by atoms with van der Waals surface area (Å²) in [5.41, 5.74) is 4.92. The molecule has 2 rings (SSSR count). The highest BCUT2D eigenvalue weighted by Crippen LogP contribution is 2.28. The average Bonchev–Trinajstić information content (AvgIpc) is 2.81. The van der Waals surface area contributed by atoms with Crippen LogP contribution in [0, 0.1) is 13.8 Å². The van der Waals surface area contributed by atoms with E-state index in [1.165, 1.54) is 4.88 Å². The highest BCUT2D eigenvalue weighted by molar-refractivity contribution is 7.15. The lowest BCUT2D eigenvalue weighted by Gasteiger charge is -2.11. The van der Waals surface area contributed by atoms with Gasteiger partial charge in [-0.25, -0.2) is 4.98 Å². The molecule has 0 amide bonds. The fourth-order valence-corrected chi connectivity index (χ4v) is 2.59. The number of aromatic nitrogens is 1. The van der Waals surface area contributed by atoms with Gasteiger partial charge in [-0.15, -0.1) is 11.3 Å². The SMILES string of the molecule is CCOc1ccc(/C=N\Nc2nc(C)c(C)s2)cc1OCC. The van der Waals surface area contributed by atoms with Crippen LogP contribution in [0.5, 0.6) is 11.5 Å². The maximum absolute atomic E-state index is 5.60. The predicted molar refractivity (Wildman–Crippen MR) is 91.6 cm³/mol. The molecule has 118 valence electrons. The summed E-state index contributed by atoms with van der Waals surface area (Å²) in [4.78, 5) is 5.57. The minimum atomic E-state index is 0.594. The van der Waals surface area contributed by atoms with Gasteiger partial charge in [0.05, 0.1) is 25.1 Å². The molecular formula is C16H21N3O2S. The molecule has 6 heteroatoms. The zero-order chi connectivity index (χ0) is 15.9. The fraction of sp³-hybridized carbons (Fsp3) is 0.375. The number of rotatable bonds is 7. The minimum Gasteiger partial charge on any atom is -0.490 e. The van der Waals surface area contributed by atoms with Crippen LogP contribution in [0.1, 0.15) is 30.0 Å². The quantitative estimate of drug-likeness (QED) is 0.619. The van der Waals surface area contributed by atoms with Gasteiger partial charge in [0.25, 0.3) is 0 Å². The molecule has 1 aromatic carbocycles. The van der Waals surface area contributed by atoms with Crippen LogP contribution in [-0.4, -0.2) is 24.4 Å². The number of benzene rings is 1. The summed E-state index contributed by atoms with van der Waals surface area (Å²) in [5.74, 6) is 1.48. The highest BCUT2D eigenvalue weighted by Gasteiger charge is 2.05. The second-order valence-electron chi connectivity index (χ2n) is 4.60. The van der Waals surface area contributed by atoms with Gasteiger partial charge in [-0.3, -0.25) is 5.43 Å². The Hall–Kier alpha value is -2.08. The molecule has 1 N–H and O–H groups in total. The van der Waals surface area contributed by atoms with E-state index in [1.807, 2.05) is 45.9 Å². The number of hydrogen-bond donors (Lipinski definition) is 1. The first-order chi connectivity index (χ1) is 10.6. The Morgan fingerprint density at radius 1 is 1.18 bits per heavy atom. The van der Waals surface area contributed by atoms with Crippen molar-refractivity contribution in [1.82, 2.24) is 4.98 Å². The van der Waals surface area contributed by atoms with E-state index >= 15 is 0 Å². The first-order valence-electron chi connectivity index (χ1n) is 7.26. The summed E-state index contributed by atoms with van der Waals surface area (Å²) < 4.78 is 11.1.